The Bertz CT molecular complexity index is 217. The molecule has 0 amide bonds. The molecule has 0 heterocycles. The molecule has 0 bridgehead atoms. The summed E-state index contributed by atoms with van der Waals surface area (Å²) in [5, 5.41) is 10.8. The lowest BCUT2D eigenvalue weighted by Gasteiger charge is -2.39. The number of hydrogen-bond donors (Lipinski definition) is 2. The molecule has 1 atom stereocenters. The van der Waals surface area contributed by atoms with Gasteiger partial charge in [-0.3, -0.25) is 0 Å². The molecule has 2 heteroatoms. The molecule has 102 valence electrons. The first-order valence-corrected chi connectivity index (χ1v) is 7.38. The topological polar surface area (TPSA) is 46.2 Å². The predicted molar refractivity (Wildman–Crippen MR) is 73.9 cm³/mol. The molecule has 0 aromatic rings. The van der Waals surface area contributed by atoms with Crippen molar-refractivity contribution in [3.63, 3.8) is 0 Å². The van der Waals surface area contributed by atoms with Crippen LogP contribution in [-0.2, 0) is 0 Å². The maximum Gasteiger partial charge on any atom is 0.0798 e. The summed E-state index contributed by atoms with van der Waals surface area (Å²) in [6.07, 6.45) is 9.95. The van der Waals surface area contributed by atoms with E-state index in [1.807, 2.05) is 0 Å². The quantitative estimate of drug-likeness (QED) is 0.789. The fourth-order valence-corrected chi connectivity index (χ4v) is 2.82. The highest BCUT2D eigenvalue weighted by Gasteiger charge is 2.36. The van der Waals surface area contributed by atoms with Gasteiger partial charge in [-0.15, -0.1) is 0 Å². The highest BCUT2D eigenvalue weighted by molar-refractivity contribution is 4.92. The first-order chi connectivity index (χ1) is 7.90. The summed E-state index contributed by atoms with van der Waals surface area (Å²) in [5.41, 5.74) is 5.96. The maximum atomic E-state index is 10.8. The molecular formula is C15H31NO. The average molecular weight is 241 g/mol. The molecule has 1 aliphatic carbocycles. The summed E-state index contributed by atoms with van der Waals surface area (Å²) in [6.45, 7) is 6.70. The van der Waals surface area contributed by atoms with E-state index in [-0.39, 0.29) is 11.5 Å². The van der Waals surface area contributed by atoms with Crippen LogP contribution in [0.1, 0.15) is 78.6 Å². The lowest BCUT2D eigenvalue weighted by molar-refractivity contribution is -0.0220. The second-order valence-electron chi connectivity index (χ2n) is 6.70. The Labute approximate surface area is 107 Å². The molecule has 0 spiro atoms. The highest BCUT2D eigenvalue weighted by atomic mass is 16.3. The van der Waals surface area contributed by atoms with Crippen molar-refractivity contribution in [1.29, 1.82) is 0 Å². The Morgan fingerprint density at radius 1 is 1.12 bits per heavy atom. The van der Waals surface area contributed by atoms with E-state index in [4.69, 9.17) is 5.73 Å². The van der Waals surface area contributed by atoms with E-state index in [2.05, 4.69) is 20.8 Å². The van der Waals surface area contributed by atoms with E-state index >= 15 is 0 Å². The molecule has 1 saturated carbocycles. The summed E-state index contributed by atoms with van der Waals surface area (Å²) >= 11 is 0. The standard InChI is InChI=1S/C15H31NO/c1-4-14(2,3)12-13(16)15(17)10-8-6-5-7-9-11-15/h13,17H,4-12,16H2,1-3H3. The van der Waals surface area contributed by atoms with Crippen LogP contribution in [0.25, 0.3) is 0 Å². The minimum absolute atomic E-state index is 0.0597. The molecule has 3 N–H and O–H groups in total. The first kappa shape index (κ1) is 15.0. The van der Waals surface area contributed by atoms with E-state index in [1.54, 1.807) is 0 Å². The van der Waals surface area contributed by atoms with Gasteiger partial charge < -0.3 is 10.8 Å². The lowest BCUT2D eigenvalue weighted by atomic mass is 9.74. The number of hydrogen-bond acceptors (Lipinski definition) is 2. The summed E-state index contributed by atoms with van der Waals surface area (Å²) in [5.74, 6) is 0. The van der Waals surface area contributed by atoms with Crippen LogP contribution in [0.5, 0.6) is 0 Å². The molecule has 0 saturated heterocycles. The van der Waals surface area contributed by atoms with Crippen LogP contribution in [0.2, 0.25) is 0 Å². The zero-order chi connectivity index (χ0) is 12.9. The van der Waals surface area contributed by atoms with Crippen LogP contribution >= 0.6 is 0 Å². The van der Waals surface area contributed by atoms with Gasteiger partial charge in [0.2, 0.25) is 0 Å². The van der Waals surface area contributed by atoms with Crippen molar-refractivity contribution >= 4 is 0 Å². The fourth-order valence-electron chi connectivity index (χ4n) is 2.82. The van der Waals surface area contributed by atoms with Crippen molar-refractivity contribution in [1.82, 2.24) is 0 Å². The number of aliphatic hydroxyl groups is 1. The highest BCUT2D eigenvalue weighted by Crippen LogP contribution is 2.34. The van der Waals surface area contributed by atoms with Crippen LogP contribution in [0.4, 0.5) is 0 Å². The van der Waals surface area contributed by atoms with Crippen LogP contribution in [0.15, 0.2) is 0 Å². The minimum atomic E-state index is -0.604. The van der Waals surface area contributed by atoms with E-state index < -0.39 is 5.60 Å². The van der Waals surface area contributed by atoms with Gasteiger partial charge in [0.25, 0.3) is 0 Å². The minimum Gasteiger partial charge on any atom is -0.388 e. The van der Waals surface area contributed by atoms with Gasteiger partial charge in [0.05, 0.1) is 5.60 Å². The molecule has 0 radical (unpaired) electrons. The second-order valence-corrected chi connectivity index (χ2v) is 6.70. The van der Waals surface area contributed by atoms with Crippen LogP contribution < -0.4 is 5.73 Å². The molecule has 2 nitrogen and oxygen atoms in total. The van der Waals surface area contributed by atoms with E-state index in [1.165, 1.54) is 19.3 Å². The lowest BCUT2D eigenvalue weighted by Crippen LogP contribution is -2.50. The summed E-state index contributed by atoms with van der Waals surface area (Å²) in [7, 11) is 0. The molecule has 1 fully saturated rings. The monoisotopic (exact) mass is 241 g/mol. The second kappa shape index (κ2) is 6.19. The smallest absolute Gasteiger partial charge is 0.0798 e. The first-order valence-electron chi connectivity index (χ1n) is 7.38. The van der Waals surface area contributed by atoms with Crippen LogP contribution in [-0.4, -0.2) is 16.7 Å². The molecule has 1 rings (SSSR count). The number of rotatable bonds is 4. The van der Waals surface area contributed by atoms with E-state index in [0.29, 0.717) is 0 Å². The van der Waals surface area contributed by atoms with Gasteiger partial charge >= 0.3 is 0 Å². The van der Waals surface area contributed by atoms with Gasteiger partial charge in [-0.25, -0.2) is 0 Å². The largest absolute Gasteiger partial charge is 0.388 e. The molecule has 1 aliphatic rings. The summed E-state index contributed by atoms with van der Waals surface area (Å²) in [4.78, 5) is 0. The predicted octanol–water partition coefficient (Wildman–Crippen LogP) is 3.62. The SMILES string of the molecule is CCC(C)(C)CC(N)C1(O)CCCCCCC1. The molecule has 1 unspecified atom stereocenters. The molecule has 0 aromatic heterocycles. The van der Waals surface area contributed by atoms with Gasteiger partial charge in [0.1, 0.15) is 0 Å². The third kappa shape index (κ3) is 4.59. The van der Waals surface area contributed by atoms with Gasteiger partial charge in [0, 0.05) is 6.04 Å². The fraction of sp³-hybridized carbons (Fsp3) is 1.00. The maximum absolute atomic E-state index is 10.8. The van der Waals surface area contributed by atoms with Crippen molar-refractivity contribution < 1.29 is 5.11 Å². The number of nitrogens with two attached hydrogens (primary N) is 1. The van der Waals surface area contributed by atoms with Gasteiger partial charge in [-0.1, -0.05) is 59.3 Å². The van der Waals surface area contributed by atoms with Gasteiger partial charge in [-0.2, -0.15) is 0 Å². The third-order valence-corrected chi connectivity index (χ3v) is 4.64. The summed E-state index contributed by atoms with van der Waals surface area (Å²) < 4.78 is 0. The third-order valence-electron chi connectivity index (χ3n) is 4.64. The molecule has 17 heavy (non-hydrogen) atoms. The van der Waals surface area contributed by atoms with Gasteiger partial charge in [-0.05, 0) is 24.7 Å². The molecule has 0 aromatic carbocycles. The van der Waals surface area contributed by atoms with Crippen molar-refractivity contribution in [2.75, 3.05) is 0 Å². The molecule has 0 aliphatic heterocycles. The molecular weight excluding hydrogens is 210 g/mol. The van der Waals surface area contributed by atoms with Gasteiger partial charge in [0.15, 0.2) is 0 Å². The summed E-state index contributed by atoms with van der Waals surface area (Å²) in [6, 6.07) is -0.0597. The zero-order valence-electron chi connectivity index (χ0n) is 12.0. The van der Waals surface area contributed by atoms with Crippen molar-refractivity contribution in [3.8, 4) is 0 Å². The van der Waals surface area contributed by atoms with Crippen molar-refractivity contribution in [2.45, 2.75) is 90.2 Å². The Morgan fingerprint density at radius 2 is 1.59 bits per heavy atom. The Hall–Kier alpha value is -0.0800. The van der Waals surface area contributed by atoms with Crippen LogP contribution in [0, 0.1) is 5.41 Å². The Kier molecular flexibility index (Phi) is 5.46. The van der Waals surface area contributed by atoms with E-state index in [0.717, 1.165) is 38.5 Å². The van der Waals surface area contributed by atoms with Crippen molar-refractivity contribution in [2.24, 2.45) is 11.1 Å². The average Bonchev–Trinajstić information content (AvgIpc) is 2.23. The van der Waals surface area contributed by atoms with E-state index in [9.17, 15) is 5.11 Å². The van der Waals surface area contributed by atoms with Crippen molar-refractivity contribution in [3.05, 3.63) is 0 Å². The zero-order valence-corrected chi connectivity index (χ0v) is 12.0. The van der Waals surface area contributed by atoms with Crippen LogP contribution in [0.3, 0.4) is 0 Å². The Balaban J connectivity index is 2.59. The normalized spacial score (nSPS) is 23.8. The Morgan fingerprint density at radius 3 is 2.06 bits per heavy atom.